The molecule has 3 aromatic heterocycles. The van der Waals surface area contributed by atoms with Crippen molar-refractivity contribution >= 4 is 21.8 Å². The number of nitrogens with zero attached hydrogens (tertiary/aromatic N) is 4. The average molecular weight is 443 g/mol. The van der Waals surface area contributed by atoms with Crippen molar-refractivity contribution in [2.75, 3.05) is 6.26 Å². The molecule has 0 saturated heterocycles. The molecule has 1 atom stereocenters. The van der Waals surface area contributed by atoms with E-state index in [4.69, 9.17) is 10.1 Å². The fourth-order valence-corrected chi connectivity index (χ4v) is 4.17. The van der Waals surface area contributed by atoms with E-state index in [1.54, 1.807) is 30.8 Å². The maximum absolute atomic E-state index is 13.5. The summed E-state index contributed by atoms with van der Waals surface area (Å²) in [4.78, 5) is 9.59. The number of hydrogen-bond acceptors (Lipinski definition) is 4. The molecule has 0 fully saturated rings. The summed E-state index contributed by atoms with van der Waals surface area (Å²) >= 11 is 0. The molecule has 1 unspecified atom stereocenters. The molecule has 3 heterocycles. The van der Waals surface area contributed by atoms with Crippen molar-refractivity contribution in [3.63, 3.8) is 0 Å². The van der Waals surface area contributed by atoms with E-state index < -0.39 is 10.8 Å². The van der Waals surface area contributed by atoms with Gasteiger partial charge in [0.05, 0.1) is 6.54 Å². The SMILES string of the molecule is CS(=O)c1ccc(Cn2nc(-c3ccc(F)cc3)c3cc(-c4ccncc4)cnc32)cc1. The Balaban J connectivity index is 1.63. The highest BCUT2D eigenvalue weighted by Gasteiger charge is 2.15. The molecule has 32 heavy (non-hydrogen) atoms. The Kier molecular flexibility index (Phi) is 5.33. The Hall–Kier alpha value is -3.71. The maximum Gasteiger partial charge on any atom is 0.158 e. The molecule has 0 N–H and O–H groups in total. The standard InChI is InChI=1S/C25H19FN4OS/c1-32(31)22-8-2-17(3-9-22)16-30-25-23(24(29-30)19-4-6-21(26)7-5-19)14-20(15-28-25)18-10-12-27-13-11-18/h2-15H,16H2,1H3. The lowest BCUT2D eigenvalue weighted by Crippen LogP contribution is -2.03. The summed E-state index contributed by atoms with van der Waals surface area (Å²) in [5.74, 6) is -0.290. The molecule has 0 amide bonds. The third-order valence-electron chi connectivity index (χ3n) is 5.31. The van der Waals surface area contributed by atoms with Crippen molar-refractivity contribution in [1.82, 2.24) is 19.7 Å². The fraction of sp³-hybridized carbons (Fsp3) is 0.0800. The number of rotatable bonds is 5. The minimum Gasteiger partial charge on any atom is -0.265 e. The minimum atomic E-state index is -1.02. The van der Waals surface area contributed by atoms with Crippen LogP contribution in [0.25, 0.3) is 33.4 Å². The lowest BCUT2D eigenvalue weighted by Gasteiger charge is -2.05. The molecule has 5 aromatic rings. The lowest BCUT2D eigenvalue weighted by molar-refractivity contribution is 0.628. The highest BCUT2D eigenvalue weighted by molar-refractivity contribution is 7.84. The van der Waals surface area contributed by atoms with Crippen LogP contribution >= 0.6 is 0 Å². The molecule has 0 radical (unpaired) electrons. The van der Waals surface area contributed by atoms with Gasteiger partial charge in [-0.05, 0) is 65.7 Å². The van der Waals surface area contributed by atoms with Gasteiger partial charge >= 0.3 is 0 Å². The van der Waals surface area contributed by atoms with Gasteiger partial charge in [0.15, 0.2) is 5.65 Å². The predicted molar refractivity (Wildman–Crippen MR) is 124 cm³/mol. The van der Waals surface area contributed by atoms with Crippen LogP contribution in [0.1, 0.15) is 5.56 Å². The Morgan fingerprint density at radius 1 is 0.906 bits per heavy atom. The molecule has 2 aromatic carbocycles. The smallest absolute Gasteiger partial charge is 0.158 e. The molecule has 0 bridgehead atoms. The van der Waals surface area contributed by atoms with Crippen molar-refractivity contribution < 1.29 is 8.60 Å². The highest BCUT2D eigenvalue weighted by atomic mass is 32.2. The summed E-state index contributed by atoms with van der Waals surface area (Å²) in [5.41, 5.74) is 5.29. The molecule has 5 nitrogen and oxygen atoms in total. The number of aromatic nitrogens is 4. The number of hydrogen-bond donors (Lipinski definition) is 0. The van der Waals surface area contributed by atoms with E-state index in [2.05, 4.69) is 11.1 Å². The molecular weight excluding hydrogens is 423 g/mol. The van der Waals surface area contributed by atoms with Crippen molar-refractivity contribution in [1.29, 1.82) is 0 Å². The van der Waals surface area contributed by atoms with Crippen LogP contribution in [0.4, 0.5) is 4.39 Å². The van der Waals surface area contributed by atoms with Crippen LogP contribution in [0.3, 0.4) is 0 Å². The molecule has 0 spiro atoms. The summed E-state index contributed by atoms with van der Waals surface area (Å²) in [6.45, 7) is 0.510. The third-order valence-corrected chi connectivity index (χ3v) is 6.24. The summed E-state index contributed by atoms with van der Waals surface area (Å²) in [6, 6.07) is 19.9. The Labute approximate surface area is 187 Å². The zero-order valence-corrected chi connectivity index (χ0v) is 18.1. The van der Waals surface area contributed by atoms with Gasteiger partial charge in [0.1, 0.15) is 11.5 Å². The Morgan fingerprint density at radius 3 is 2.31 bits per heavy atom. The van der Waals surface area contributed by atoms with Gasteiger partial charge in [-0.1, -0.05) is 12.1 Å². The Morgan fingerprint density at radius 2 is 1.62 bits per heavy atom. The van der Waals surface area contributed by atoms with E-state index in [9.17, 15) is 8.60 Å². The van der Waals surface area contributed by atoms with Gasteiger partial charge in [0.25, 0.3) is 0 Å². The van der Waals surface area contributed by atoms with Crippen molar-refractivity contribution in [2.24, 2.45) is 0 Å². The van der Waals surface area contributed by atoms with Gasteiger partial charge in [-0.25, -0.2) is 14.1 Å². The van der Waals surface area contributed by atoms with Crippen LogP contribution in [0.2, 0.25) is 0 Å². The monoisotopic (exact) mass is 442 g/mol. The molecule has 0 saturated carbocycles. The van der Waals surface area contributed by atoms with Crippen LogP contribution in [-0.4, -0.2) is 30.2 Å². The van der Waals surface area contributed by atoms with Gasteiger partial charge in [0.2, 0.25) is 0 Å². The van der Waals surface area contributed by atoms with E-state index in [-0.39, 0.29) is 5.82 Å². The number of fused-ring (bicyclic) bond motifs is 1. The third kappa shape index (κ3) is 3.94. The number of halogens is 1. The van der Waals surface area contributed by atoms with Crippen molar-refractivity contribution in [3.05, 3.63) is 96.7 Å². The van der Waals surface area contributed by atoms with Gasteiger partial charge in [-0.2, -0.15) is 5.10 Å². The summed E-state index contributed by atoms with van der Waals surface area (Å²) < 4.78 is 27.0. The van der Waals surface area contributed by atoms with Gasteiger partial charge < -0.3 is 0 Å². The predicted octanol–water partition coefficient (Wildman–Crippen LogP) is 5.09. The van der Waals surface area contributed by atoms with E-state index >= 15 is 0 Å². The van der Waals surface area contributed by atoms with Crippen LogP contribution in [-0.2, 0) is 17.3 Å². The van der Waals surface area contributed by atoms with Crippen LogP contribution in [0.5, 0.6) is 0 Å². The average Bonchev–Trinajstić information content (AvgIpc) is 3.18. The highest BCUT2D eigenvalue weighted by Crippen LogP contribution is 2.31. The quantitative estimate of drug-likeness (QED) is 0.381. The first-order chi connectivity index (χ1) is 15.6. The second-order valence-electron chi connectivity index (χ2n) is 7.44. The summed E-state index contributed by atoms with van der Waals surface area (Å²) in [5, 5.41) is 5.72. The zero-order chi connectivity index (χ0) is 22.1. The molecule has 5 rings (SSSR count). The second kappa shape index (κ2) is 8.43. The van der Waals surface area contributed by atoms with E-state index in [1.165, 1.54) is 12.1 Å². The van der Waals surface area contributed by atoms with Crippen LogP contribution < -0.4 is 0 Å². The van der Waals surface area contributed by atoms with Gasteiger partial charge in [-0.3, -0.25) is 9.19 Å². The second-order valence-corrected chi connectivity index (χ2v) is 8.82. The van der Waals surface area contributed by atoms with E-state index in [1.807, 2.05) is 47.3 Å². The lowest BCUT2D eigenvalue weighted by atomic mass is 10.0. The molecule has 0 aliphatic carbocycles. The van der Waals surface area contributed by atoms with Crippen molar-refractivity contribution in [3.8, 4) is 22.4 Å². The normalized spacial score (nSPS) is 12.2. The van der Waals surface area contributed by atoms with Crippen LogP contribution in [0, 0.1) is 5.82 Å². The topological polar surface area (TPSA) is 60.7 Å². The maximum atomic E-state index is 13.5. The zero-order valence-electron chi connectivity index (χ0n) is 17.3. The van der Waals surface area contributed by atoms with Gasteiger partial charge in [0, 0.05) is 57.1 Å². The van der Waals surface area contributed by atoms with E-state index in [0.717, 1.165) is 43.9 Å². The molecule has 158 valence electrons. The molecular formula is C25H19FN4OS. The van der Waals surface area contributed by atoms with Gasteiger partial charge in [-0.15, -0.1) is 0 Å². The first-order valence-electron chi connectivity index (χ1n) is 10.0. The number of benzene rings is 2. The van der Waals surface area contributed by atoms with Crippen molar-refractivity contribution in [2.45, 2.75) is 11.4 Å². The summed E-state index contributed by atoms with van der Waals surface area (Å²) in [6.07, 6.45) is 6.98. The largest absolute Gasteiger partial charge is 0.265 e. The molecule has 0 aliphatic heterocycles. The molecule has 7 heteroatoms. The fourth-order valence-electron chi connectivity index (χ4n) is 3.65. The Bertz CT molecular complexity index is 1410. The summed E-state index contributed by atoms with van der Waals surface area (Å²) in [7, 11) is -1.02. The van der Waals surface area contributed by atoms with Crippen LogP contribution in [0.15, 0.2) is 90.2 Å². The number of pyridine rings is 2. The first-order valence-corrected chi connectivity index (χ1v) is 11.6. The van der Waals surface area contributed by atoms with E-state index in [0.29, 0.717) is 6.54 Å². The molecule has 0 aliphatic rings. The minimum absolute atomic E-state index is 0.290. The first kappa shape index (κ1) is 20.2.